The molecule has 0 saturated heterocycles. The summed E-state index contributed by atoms with van der Waals surface area (Å²) in [5, 5.41) is 12.4. The summed E-state index contributed by atoms with van der Waals surface area (Å²) in [6, 6.07) is 37.2. The van der Waals surface area contributed by atoms with Gasteiger partial charge in [0.05, 0.1) is 0 Å². The van der Waals surface area contributed by atoms with Gasteiger partial charge in [0.1, 0.15) is 12.2 Å². The molecule has 0 aliphatic heterocycles. The third-order valence-corrected chi connectivity index (χ3v) is 7.49. The summed E-state index contributed by atoms with van der Waals surface area (Å²) in [4.78, 5) is 0. The second-order valence-corrected chi connectivity index (χ2v) is 9.36. The molecule has 4 aromatic carbocycles. The van der Waals surface area contributed by atoms with Crippen LogP contribution in [0.5, 0.6) is 0 Å². The van der Waals surface area contributed by atoms with Crippen LogP contribution in [0.25, 0.3) is 0 Å². The minimum Gasteiger partial charge on any atom is -0.385 e. The molecule has 2 unspecified atom stereocenters. The van der Waals surface area contributed by atoms with E-state index in [1.165, 1.54) is 0 Å². The fraction of sp³-hybridized carbons (Fsp3) is 0.0769. The highest BCUT2D eigenvalue weighted by Crippen LogP contribution is 2.51. The third kappa shape index (κ3) is 4.29. The van der Waals surface area contributed by atoms with Gasteiger partial charge < -0.3 is 9.63 Å². The lowest BCUT2D eigenvalue weighted by Crippen LogP contribution is -2.23. The molecule has 0 amide bonds. The van der Waals surface area contributed by atoms with Gasteiger partial charge in [-0.2, -0.15) is 0 Å². The topological polar surface area (TPSA) is 46.5 Å². The predicted octanol–water partition coefficient (Wildman–Crippen LogP) is 5.41. The molecule has 30 heavy (non-hydrogen) atoms. The zero-order valence-electron chi connectivity index (χ0n) is 16.4. The predicted molar refractivity (Wildman–Crippen MR) is 121 cm³/mol. The zero-order valence-corrected chi connectivity index (χ0v) is 17.3. The fourth-order valence-electron chi connectivity index (χ4n) is 3.45. The van der Waals surface area contributed by atoms with Crippen molar-refractivity contribution in [1.29, 1.82) is 0 Å². The molecule has 0 fully saturated rings. The Balaban J connectivity index is 1.82. The summed E-state index contributed by atoms with van der Waals surface area (Å²) >= 11 is 0. The lowest BCUT2D eigenvalue weighted by molar-refractivity contribution is 0.0387. The largest absolute Gasteiger partial charge is 0.385 e. The van der Waals surface area contributed by atoms with Crippen LogP contribution in [-0.4, -0.2) is 5.11 Å². The molecule has 1 N–H and O–H groups in total. The maximum absolute atomic E-state index is 14.4. The van der Waals surface area contributed by atoms with E-state index >= 15 is 0 Å². The Labute approximate surface area is 177 Å². The number of hydrogen-bond acceptors (Lipinski definition) is 3. The first-order valence-electron chi connectivity index (χ1n) is 9.86. The van der Waals surface area contributed by atoms with Crippen molar-refractivity contribution in [3.05, 3.63) is 132 Å². The van der Waals surface area contributed by atoms with Gasteiger partial charge in [-0.3, -0.25) is 4.57 Å². The molecule has 0 saturated carbocycles. The second-order valence-electron chi connectivity index (χ2n) is 7.01. The summed E-state index contributed by atoms with van der Waals surface area (Å²) in [7, 11) is -3.48. The van der Waals surface area contributed by atoms with E-state index in [9.17, 15) is 9.67 Å². The van der Waals surface area contributed by atoms with Crippen molar-refractivity contribution in [3.63, 3.8) is 0 Å². The van der Waals surface area contributed by atoms with Crippen molar-refractivity contribution in [2.45, 2.75) is 12.2 Å². The lowest BCUT2D eigenvalue weighted by atomic mass is 9.98. The molecule has 0 bridgehead atoms. The SMILES string of the molecule is O=P(OC(c1ccccc1)C(O)c1ccccc1)(c1ccccc1)c1ccccc1. The Morgan fingerprint density at radius 2 is 0.933 bits per heavy atom. The average molecular weight is 414 g/mol. The monoisotopic (exact) mass is 414 g/mol. The Kier molecular flexibility index (Phi) is 6.25. The standard InChI is InChI=1S/C26H23O3P/c27-25(21-13-5-1-6-14-21)26(22-15-7-2-8-16-22)29-30(28,23-17-9-3-10-18-23)24-19-11-4-12-20-24/h1-20,25-27H. The Hall–Kier alpha value is -2.97. The van der Waals surface area contributed by atoms with Crippen LogP contribution in [0.2, 0.25) is 0 Å². The van der Waals surface area contributed by atoms with Gasteiger partial charge in [-0.25, -0.2) is 0 Å². The molecule has 0 radical (unpaired) electrons. The van der Waals surface area contributed by atoms with Gasteiger partial charge in [0.2, 0.25) is 0 Å². The van der Waals surface area contributed by atoms with E-state index in [4.69, 9.17) is 4.52 Å². The first-order chi connectivity index (χ1) is 14.7. The quantitative estimate of drug-likeness (QED) is 0.412. The van der Waals surface area contributed by atoms with Gasteiger partial charge in [0.15, 0.2) is 0 Å². The first-order valence-corrected chi connectivity index (χ1v) is 11.5. The lowest BCUT2D eigenvalue weighted by Gasteiger charge is -2.29. The van der Waals surface area contributed by atoms with Crippen LogP contribution in [0.15, 0.2) is 121 Å². The summed E-state index contributed by atoms with van der Waals surface area (Å²) in [6.07, 6.45) is -1.78. The van der Waals surface area contributed by atoms with Crippen molar-refractivity contribution < 1.29 is 14.2 Å². The van der Waals surface area contributed by atoms with E-state index in [0.29, 0.717) is 16.2 Å². The Morgan fingerprint density at radius 3 is 1.37 bits per heavy atom. The minimum atomic E-state index is -3.48. The van der Waals surface area contributed by atoms with Crippen LogP contribution in [0.4, 0.5) is 0 Å². The van der Waals surface area contributed by atoms with Crippen LogP contribution >= 0.6 is 7.37 Å². The average Bonchev–Trinajstić information content (AvgIpc) is 2.84. The number of aliphatic hydroxyl groups excluding tert-OH is 1. The second kappa shape index (κ2) is 9.23. The molecule has 0 heterocycles. The summed E-state index contributed by atoms with van der Waals surface area (Å²) in [6.45, 7) is 0. The maximum Gasteiger partial charge on any atom is 0.261 e. The summed E-state index contributed by atoms with van der Waals surface area (Å²) in [5.41, 5.74) is 1.47. The molecule has 0 spiro atoms. The number of rotatable bonds is 7. The van der Waals surface area contributed by atoms with E-state index in [0.717, 1.165) is 5.56 Å². The molecule has 4 heteroatoms. The van der Waals surface area contributed by atoms with Crippen LogP contribution in [-0.2, 0) is 9.09 Å². The number of aliphatic hydroxyl groups is 1. The highest BCUT2D eigenvalue weighted by molar-refractivity contribution is 7.74. The van der Waals surface area contributed by atoms with Crippen molar-refractivity contribution in [2.24, 2.45) is 0 Å². The molecule has 2 atom stereocenters. The molecule has 0 aliphatic carbocycles. The maximum atomic E-state index is 14.4. The molecular weight excluding hydrogens is 391 g/mol. The van der Waals surface area contributed by atoms with Crippen molar-refractivity contribution in [3.8, 4) is 0 Å². The molecular formula is C26H23O3P. The molecule has 0 aliphatic rings. The molecule has 3 nitrogen and oxygen atoms in total. The zero-order chi connectivity index (χ0) is 20.8. The van der Waals surface area contributed by atoms with Crippen LogP contribution in [0.3, 0.4) is 0 Å². The van der Waals surface area contributed by atoms with E-state index < -0.39 is 19.6 Å². The van der Waals surface area contributed by atoms with Crippen molar-refractivity contribution in [2.75, 3.05) is 0 Å². The van der Waals surface area contributed by atoms with E-state index in [2.05, 4.69) is 0 Å². The minimum absolute atomic E-state index is 0.595. The fourth-order valence-corrected chi connectivity index (χ4v) is 5.68. The van der Waals surface area contributed by atoms with Crippen molar-refractivity contribution >= 4 is 18.0 Å². The van der Waals surface area contributed by atoms with E-state index in [1.807, 2.05) is 121 Å². The molecule has 4 aromatic rings. The normalized spacial score (nSPS) is 13.5. The molecule has 4 rings (SSSR count). The molecule has 150 valence electrons. The first kappa shape index (κ1) is 20.3. The third-order valence-electron chi connectivity index (χ3n) is 5.01. The van der Waals surface area contributed by atoms with Gasteiger partial charge in [-0.05, 0) is 35.4 Å². The van der Waals surface area contributed by atoms with E-state index in [1.54, 1.807) is 0 Å². The smallest absolute Gasteiger partial charge is 0.261 e. The van der Waals surface area contributed by atoms with Crippen LogP contribution in [0, 0.1) is 0 Å². The Bertz CT molecular complexity index is 1060. The van der Waals surface area contributed by atoms with Gasteiger partial charge in [0.25, 0.3) is 7.37 Å². The Morgan fingerprint density at radius 1 is 0.567 bits per heavy atom. The summed E-state index contributed by atoms with van der Waals surface area (Å²) in [5.74, 6) is 0. The van der Waals surface area contributed by atoms with Gasteiger partial charge >= 0.3 is 0 Å². The summed E-state index contributed by atoms with van der Waals surface area (Å²) < 4.78 is 20.8. The van der Waals surface area contributed by atoms with Crippen LogP contribution < -0.4 is 10.6 Å². The van der Waals surface area contributed by atoms with E-state index in [-0.39, 0.29) is 0 Å². The highest BCUT2D eigenvalue weighted by atomic mass is 31.2. The number of hydrogen-bond donors (Lipinski definition) is 1. The molecule has 0 aromatic heterocycles. The van der Waals surface area contributed by atoms with Gasteiger partial charge in [-0.1, -0.05) is 97.1 Å². The van der Waals surface area contributed by atoms with Gasteiger partial charge in [-0.15, -0.1) is 0 Å². The highest BCUT2D eigenvalue weighted by Gasteiger charge is 2.36. The number of benzene rings is 4. The van der Waals surface area contributed by atoms with Crippen LogP contribution in [0.1, 0.15) is 23.3 Å². The van der Waals surface area contributed by atoms with Gasteiger partial charge in [0, 0.05) is 10.6 Å². The van der Waals surface area contributed by atoms with Crippen molar-refractivity contribution in [1.82, 2.24) is 0 Å².